The Bertz CT molecular complexity index is 766. The maximum atomic E-state index is 9.56. The van der Waals surface area contributed by atoms with Gasteiger partial charge in [-0.05, 0) is 19.9 Å². The van der Waals surface area contributed by atoms with E-state index in [0.717, 1.165) is 0 Å². The van der Waals surface area contributed by atoms with Gasteiger partial charge in [-0.2, -0.15) is 0 Å². The normalized spacial score (nSPS) is 32.6. The SMILES string of the molecule is CC1(C)O[C@@H]2[C@H](O1)C(CO)O[C@H]2n1cnc2c(Cl)cc(Cl)nc21. The number of fused-ring (bicyclic) bond motifs is 2. The van der Waals surface area contributed by atoms with Crippen LogP contribution < -0.4 is 0 Å². The van der Waals surface area contributed by atoms with Gasteiger partial charge in [-0.3, -0.25) is 4.57 Å². The second-order valence-electron chi connectivity index (χ2n) is 6.06. The molecule has 2 aromatic heterocycles. The summed E-state index contributed by atoms with van der Waals surface area (Å²) in [5, 5.41) is 10.2. The third kappa shape index (κ3) is 2.43. The van der Waals surface area contributed by atoms with Gasteiger partial charge in [0.2, 0.25) is 0 Å². The zero-order valence-corrected chi connectivity index (χ0v) is 14.0. The zero-order valence-electron chi connectivity index (χ0n) is 12.4. The molecule has 2 aliphatic rings. The van der Waals surface area contributed by atoms with Crippen LogP contribution in [0.4, 0.5) is 0 Å². The van der Waals surface area contributed by atoms with E-state index < -0.39 is 18.1 Å². The number of ether oxygens (including phenoxy) is 3. The molecule has 0 aromatic carbocycles. The van der Waals surface area contributed by atoms with Crippen LogP contribution in [0.2, 0.25) is 10.2 Å². The molecular formula is C14H15Cl2N3O4. The fraction of sp³-hybridized carbons (Fsp3) is 0.571. The highest BCUT2D eigenvalue weighted by molar-refractivity contribution is 6.37. The second kappa shape index (κ2) is 5.27. The molecule has 7 nitrogen and oxygen atoms in total. The summed E-state index contributed by atoms with van der Waals surface area (Å²) in [5.74, 6) is -0.746. The van der Waals surface area contributed by atoms with Crippen LogP contribution in [0.15, 0.2) is 12.4 Å². The lowest BCUT2D eigenvalue weighted by atomic mass is 10.1. The van der Waals surface area contributed by atoms with Crippen molar-refractivity contribution >= 4 is 34.4 Å². The van der Waals surface area contributed by atoms with Gasteiger partial charge in [0.05, 0.1) is 18.0 Å². The van der Waals surface area contributed by atoms with Gasteiger partial charge in [0.25, 0.3) is 0 Å². The first-order valence-corrected chi connectivity index (χ1v) is 7.96. The number of rotatable bonds is 2. The van der Waals surface area contributed by atoms with Gasteiger partial charge < -0.3 is 19.3 Å². The molecule has 0 aliphatic carbocycles. The maximum absolute atomic E-state index is 9.56. The van der Waals surface area contributed by atoms with Crippen LogP contribution in [0.1, 0.15) is 20.1 Å². The molecule has 0 amide bonds. The van der Waals surface area contributed by atoms with Crippen LogP contribution in [0, 0.1) is 0 Å². The topological polar surface area (TPSA) is 78.6 Å². The lowest BCUT2D eigenvalue weighted by Crippen LogP contribution is -2.31. The number of aromatic nitrogens is 3. The van der Waals surface area contributed by atoms with Gasteiger partial charge in [0.1, 0.15) is 29.0 Å². The van der Waals surface area contributed by atoms with Gasteiger partial charge in [-0.1, -0.05) is 23.2 Å². The Kier molecular flexibility index (Phi) is 3.57. The summed E-state index contributed by atoms with van der Waals surface area (Å²) in [6.45, 7) is 3.49. The minimum atomic E-state index is -0.746. The van der Waals surface area contributed by atoms with E-state index in [1.165, 1.54) is 6.07 Å². The van der Waals surface area contributed by atoms with Crippen molar-refractivity contribution in [1.82, 2.24) is 14.5 Å². The molecule has 1 unspecified atom stereocenters. The molecule has 4 atom stereocenters. The highest BCUT2D eigenvalue weighted by atomic mass is 35.5. The van der Waals surface area contributed by atoms with Gasteiger partial charge in [0.15, 0.2) is 17.7 Å². The number of aliphatic hydroxyl groups excluding tert-OH is 1. The van der Waals surface area contributed by atoms with Crippen LogP contribution in [0.3, 0.4) is 0 Å². The standard InChI is InChI=1S/C14H15Cl2N3O4/c1-14(2)22-10-7(4-20)21-13(11(10)23-14)19-5-17-9-6(15)3-8(16)18-12(9)19/h3,5,7,10-11,13,20H,4H2,1-2H3/t7?,10-,11-,13-/m1/s1. The molecule has 2 aromatic rings. The fourth-order valence-electron chi connectivity index (χ4n) is 3.16. The molecule has 124 valence electrons. The number of halogens is 2. The Labute approximate surface area is 142 Å². The number of pyridine rings is 1. The highest BCUT2D eigenvalue weighted by Gasteiger charge is 2.55. The molecule has 2 aliphatic heterocycles. The molecular weight excluding hydrogens is 345 g/mol. The predicted molar refractivity (Wildman–Crippen MR) is 82.4 cm³/mol. The maximum Gasteiger partial charge on any atom is 0.166 e. The molecule has 2 fully saturated rings. The minimum Gasteiger partial charge on any atom is -0.394 e. The smallest absolute Gasteiger partial charge is 0.166 e. The van der Waals surface area contributed by atoms with Crippen molar-refractivity contribution in [2.75, 3.05) is 6.61 Å². The van der Waals surface area contributed by atoms with E-state index in [-0.39, 0.29) is 24.0 Å². The Morgan fingerprint density at radius 2 is 2.04 bits per heavy atom. The summed E-state index contributed by atoms with van der Waals surface area (Å²) in [6, 6.07) is 1.54. The highest BCUT2D eigenvalue weighted by Crippen LogP contribution is 2.43. The number of aliphatic hydroxyl groups is 1. The average molecular weight is 360 g/mol. The lowest BCUT2D eigenvalue weighted by molar-refractivity contribution is -0.199. The van der Waals surface area contributed by atoms with E-state index in [9.17, 15) is 5.11 Å². The van der Waals surface area contributed by atoms with Gasteiger partial charge >= 0.3 is 0 Å². The van der Waals surface area contributed by atoms with Crippen LogP contribution in [-0.4, -0.2) is 50.3 Å². The monoisotopic (exact) mass is 359 g/mol. The Balaban J connectivity index is 1.79. The van der Waals surface area contributed by atoms with Crippen LogP contribution in [-0.2, 0) is 14.2 Å². The molecule has 2 saturated heterocycles. The zero-order chi connectivity index (χ0) is 16.4. The van der Waals surface area contributed by atoms with Crippen molar-refractivity contribution in [2.24, 2.45) is 0 Å². The molecule has 4 rings (SSSR count). The Morgan fingerprint density at radius 3 is 2.78 bits per heavy atom. The fourth-order valence-corrected chi connectivity index (χ4v) is 3.64. The molecule has 0 spiro atoms. The first-order chi connectivity index (χ1) is 10.9. The number of hydrogen-bond acceptors (Lipinski definition) is 6. The van der Waals surface area contributed by atoms with Crippen LogP contribution >= 0.6 is 23.2 Å². The molecule has 0 radical (unpaired) electrons. The van der Waals surface area contributed by atoms with Crippen molar-refractivity contribution in [3.63, 3.8) is 0 Å². The summed E-state index contributed by atoms with van der Waals surface area (Å²) in [7, 11) is 0. The quantitative estimate of drug-likeness (QED) is 0.827. The number of nitrogens with zero attached hydrogens (tertiary/aromatic N) is 3. The first-order valence-electron chi connectivity index (χ1n) is 7.20. The third-order valence-corrected chi connectivity index (χ3v) is 4.51. The van der Waals surface area contributed by atoms with E-state index in [1.54, 1.807) is 10.9 Å². The van der Waals surface area contributed by atoms with E-state index in [1.807, 2.05) is 13.8 Å². The van der Waals surface area contributed by atoms with E-state index in [0.29, 0.717) is 16.2 Å². The molecule has 9 heteroatoms. The average Bonchev–Trinajstić information content (AvgIpc) is 3.09. The van der Waals surface area contributed by atoms with E-state index in [2.05, 4.69) is 9.97 Å². The van der Waals surface area contributed by atoms with Crippen LogP contribution in [0.25, 0.3) is 11.2 Å². The number of hydrogen-bond donors (Lipinski definition) is 1. The largest absolute Gasteiger partial charge is 0.394 e. The summed E-state index contributed by atoms with van der Waals surface area (Å²) < 4.78 is 19.4. The van der Waals surface area contributed by atoms with Crippen molar-refractivity contribution in [3.8, 4) is 0 Å². The van der Waals surface area contributed by atoms with Crippen molar-refractivity contribution in [2.45, 2.75) is 44.2 Å². The molecule has 0 bridgehead atoms. The number of imidazole rings is 1. The second-order valence-corrected chi connectivity index (χ2v) is 6.86. The van der Waals surface area contributed by atoms with Gasteiger partial charge in [0, 0.05) is 0 Å². The third-order valence-electron chi connectivity index (χ3n) is 4.03. The summed E-state index contributed by atoms with van der Waals surface area (Å²) in [4.78, 5) is 8.56. The van der Waals surface area contributed by atoms with Crippen LogP contribution in [0.5, 0.6) is 0 Å². The molecule has 4 heterocycles. The Hall–Kier alpha value is -0.960. The van der Waals surface area contributed by atoms with Gasteiger partial charge in [-0.15, -0.1) is 0 Å². The summed E-state index contributed by atoms with van der Waals surface area (Å²) >= 11 is 12.2. The predicted octanol–water partition coefficient (Wildman–Crippen LogP) is 2.15. The first kappa shape index (κ1) is 15.6. The molecule has 1 N–H and O–H groups in total. The Morgan fingerprint density at radius 1 is 1.30 bits per heavy atom. The summed E-state index contributed by atoms with van der Waals surface area (Å²) in [5.41, 5.74) is 1.03. The van der Waals surface area contributed by atoms with Gasteiger partial charge in [-0.25, -0.2) is 9.97 Å². The molecule has 0 saturated carbocycles. The summed E-state index contributed by atoms with van der Waals surface area (Å²) in [6.07, 6.45) is -0.202. The molecule has 23 heavy (non-hydrogen) atoms. The van der Waals surface area contributed by atoms with E-state index in [4.69, 9.17) is 37.4 Å². The van der Waals surface area contributed by atoms with Crippen molar-refractivity contribution < 1.29 is 19.3 Å². The minimum absolute atomic E-state index is 0.168. The van der Waals surface area contributed by atoms with E-state index >= 15 is 0 Å². The lowest BCUT2D eigenvalue weighted by Gasteiger charge is -2.24. The van der Waals surface area contributed by atoms with Crippen molar-refractivity contribution in [1.29, 1.82) is 0 Å². The van der Waals surface area contributed by atoms with Crippen molar-refractivity contribution in [3.05, 3.63) is 22.6 Å².